The molecule has 0 bridgehead atoms. The molecular weight excluding hydrogens is 403 g/mol. The summed E-state index contributed by atoms with van der Waals surface area (Å²) in [6.45, 7) is 5.49. The first-order valence-electron chi connectivity index (χ1n) is 10.2. The van der Waals surface area contributed by atoms with Gasteiger partial charge in [0.1, 0.15) is 11.6 Å². The fourth-order valence-corrected chi connectivity index (χ4v) is 4.44. The minimum absolute atomic E-state index is 0.0787. The Hall–Kier alpha value is -2.66. The molecule has 1 fully saturated rings. The van der Waals surface area contributed by atoms with Gasteiger partial charge in [0.15, 0.2) is 0 Å². The maximum atomic E-state index is 13.8. The minimum atomic E-state index is -0.551. The number of ketones is 1. The van der Waals surface area contributed by atoms with Crippen LogP contribution in [0.25, 0.3) is 5.57 Å². The van der Waals surface area contributed by atoms with Crippen LogP contribution in [-0.4, -0.2) is 23.1 Å². The van der Waals surface area contributed by atoms with Crippen LogP contribution in [0.4, 0.5) is 4.39 Å². The Morgan fingerprint density at radius 2 is 2.03 bits per heavy atom. The molecule has 0 saturated heterocycles. The number of nitrogens with zero attached hydrogens (tertiary/aromatic N) is 1. The Bertz CT molecular complexity index is 1050. The molecule has 0 aromatic heterocycles. The normalized spacial score (nSPS) is 18.9. The smallest absolute Gasteiger partial charge is 0.254 e. The lowest BCUT2D eigenvalue weighted by Crippen LogP contribution is -2.36. The van der Waals surface area contributed by atoms with Crippen LogP contribution in [0, 0.1) is 11.7 Å². The number of Topliss-reactive ketones (excluding diaryl/α,β-unsaturated/α-hetero) is 1. The van der Waals surface area contributed by atoms with E-state index < -0.39 is 6.04 Å². The van der Waals surface area contributed by atoms with Crippen molar-refractivity contribution in [1.82, 2.24) is 10.2 Å². The van der Waals surface area contributed by atoms with E-state index in [2.05, 4.69) is 17.1 Å². The Kier molecular flexibility index (Phi) is 5.65. The number of carbonyl (C=O) groups excluding carboxylic acids is 2. The summed E-state index contributed by atoms with van der Waals surface area (Å²) in [7, 11) is 0. The number of nitrogens with one attached hydrogen (secondary N) is 1. The Labute approximate surface area is 180 Å². The van der Waals surface area contributed by atoms with Gasteiger partial charge in [0.25, 0.3) is 5.91 Å². The highest BCUT2D eigenvalue weighted by Crippen LogP contribution is 2.40. The van der Waals surface area contributed by atoms with Gasteiger partial charge in [-0.3, -0.25) is 9.59 Å². The van der Waals surface area contributed by atoms with Crippen LogP contribution in [0.15, 0.2) is 48.2 Å². The van der Waals surface area contributed by atoms with Crippen molar-refractivity contribution in [2.24, 2.45) is 5.92 Å². The summed E-state index contributed by atoms with van der Waals surface area (Å²) in [4.78, 5) is 27.6. The first kappa shape index (κ1) is 20.6. The van der Waals surface area contributed by atoms with Gasteiger partial charge in [-0.05, 0) is 48.2 Å². The van der Waals surface area contributed by atoms with Crippen molar-refractivity contribution >= 4 is 28.9 Å². The second-order valence-corrected chi connectivity index (χ2v) is 8.34. The van der Waals surface area contributed by atoms with Crippen LogP contribution >= 0.6 is 11.6 Å². The maximum absolute atomic E-state index is 13.8. The monoisotopic (exact) mass is 426 g/mol. The molecule has 0 spiro atoms. The molecule has 0 radical (unpaired) electrons. The number of allylic oxidation sites excluding steroid dienone is 1. The lowest BCUT2D eigenvalue weighted by Gasteiger charge is -2.34. The van der Waals surface area contributed by atoms with E-state index in [0.717, 1.165) is 29.8 Å². The van der Waals surface area contributed by atoms with Crippen LogP contribution in [0.5, 0.6) is 0 Å². The molecule has 1 N–H and O–H groups in total. The summed E-state index contributed by atoms with van der Waals surface area (Å²) in [6, 6.07) is 11.1. The van der Waals surface area contributed by atoms with Crippen molar-refractivity contribution in [3.05, 3.63) is 75.7 Å². The van der Waals surface area contributed by atoms with Gasteiger partial charge in [0.2, 0.25) is 0 Å². The third-order valence-electron chi connectivity index (χ3n) is 5.87. The molecule has 2 atom stereocenters. The number of hydrogen-bond acceptors (Lipinski definition) is 3. The van der Waals surface area contributed by atoms with Crippen LogP contribution in [0.2, 0.25) is 5.02 Å². The molecule has 4 rings (SSSR count). The summed E-state index contributed by atoms with van der Waals surface area (Å²) in [6.07, 6.45) is 1.33. The SMILES string of the molecule is CCCN1Cc2c(Cl)cccc2C(C(=O)N[C@H](c2cccc(F)c2)C2CC2=O)=C1C. The van der Waals surface area contributed by atoms with E-state index in [4.69, 9.17) is 11.6 Å². The van der Waals surface area contributed by atoms with Gasteiger partial charge in [0, 0.05) is 36.1 Å². The van der Waals surface area contributed by atoms with Crippen molar-refractivity contribution in [3.8, 4) is 0 Å². The first-order chi connectivity index (χ1) is 14.4. The molecule has 2 aromatic rings. The predicted octanol–water partition coefficient (Wildman–Crippen LogP) is 4.88. The van der Waals surface area contributed by atoms with E-state index in [1.165, 1.54) is 12.1 Å². The highest BCUT2D eigenvalue weighted by Gasteiger charge is 2.43. The number of halogens is 2. The van der Waals surface area contributed by atoms with Crippen molar-refractivity contribution in [1.29, 1.82) is 0 Å². The standard InChI is InChI=1S/C24H24ClFN2O2/c1-3-10-28-13-19-17(8-5-9-20(19)25)22(14(28)2)24(30)27-23(18-12-21(18)29)15-6-4-7-16(26)11-15/h4-9,11,18,23H,3,10,12-13H2,1-2H3,(H,27,30)/t18?,23-/m1/s1. The molecule has 4 nitrogen and oxygen atoms in total. The van der Waals surface area contributed by atoms with Crippen LogP contribution in [0.3, 0.4) is 0 Å². The molecule has 2 aromatic carbocycles. The predicted molar refractivity (Wildman–Crippen MR) is 115 cm³/mol. The molecule has 1 saturated carbocycles. The van der Waals surface area contributed by atoms with Crippen molar-refractivity contribution in [2.75, 3.05) is 6.54 Å². The lowest BCUT2D eigenvalue weighted by molar-refractivity contribution is -0.116. The Morgan fingerprint density at radius 3 is 2.70 bits per heavy atom. The quantitative estimate of drug-likeness (QED) is 0.716. The van der Waals surface area contributed by atoms with Crippen LogP contribution < -0.4 is 5.32 Å². The van der Waals surface area contributed by atoms with Gasteiger partial charge in [-0.15, -0.1) is 0 Å². The number of carbonyl (C=O) groups is 2. The van der Waals surface area contributed by atoms with E-state index in [9.17, 15) is 14.0 Å². The topological polar surface area (TPSA) is 49.4 Å². The van der Waals surface area contributed by atoms with Crippen molar-refractivity contribution < 1.29 is 14.0 Å². The Balaban J connectivity index is 1.72. The van der Waals surface area contributed by atoms with Crippen molar-refractivity contribution in [2.45, 2.75) is 39.3 Å². The largest absolute Gasteiger partial charge is 0.370 e. The zero-order valence-corrected chi connectivity index (χ0v) is 17.8. The number of benzene rings is 2. The fraction of sp³-hybridized carbons (Fsp3) is 0.333. The van der Waals surface area contributed by atoms with Crippen LogP contribution in [0.1, 0.15) is 49.4 Å². The van der Waals surface area contributed by atoms with E-state index in [1.807, 2.05) is 25.1 Å². The zero-order chi connectivity index (χ0) is 21.4. The summed E-state index contributed by atoms with van der Waals surface area (Å²) in [5.74, 6) is -0.897. The summed E-state index contributed by atoms with van der Waals surface area (Å²) in [5.41, 5.74) is 3.77. The molecule has 1 aliphatic heterocycles. The average molecular weight is 427 g/mol. The van der Waals surface area contributed by atoms with Gasteiger partial charge in [-0.2, -0.15) is 0 Å². The molecule has 1 heterocycles. The zero-order valence-electron chi connectivity index (χ0n) is 17.0. The molecule has 6 heteroatoms. The number of hydrogen-bond donors (Lipinski definition) is 1. The lowest BCUT2D eigenvalue weighted by atomic mass is 9.92. The molecule has 2 aliphatic rings. The molecule has 1 unspecified atom stereocenters. The molecule has 1 aliphatic carbocycles. The van der Waals surface area contributed by atoms with E-state index in [-0.39, 0.29) is 23.4 Å². The molecule has 30 heavy (non-hydrogen) atoms. The number of rotatable bonds is 6. The summed E-state index contributed by atoms with van der Waals surface area (Å²) < 4.78 is 13.8. The summed E-state index contributed by atoms with van der Waals surface area (Å²) >= 11 is 6.46. The maximum Gasteiger partial charge on any atom is 0.254 e. The van der Waals surface area contributed by atoms with E-state index in [1.54, 1.807) is 12.1 Å². The number of amides is 1. The number of fused-ring (bicyclic) bond motifs is 1. The van der Waals surface area contributed by atoms with E-state index >= 15 is 0 Å². The minimum Gasteiger partial charge on any atom is -0.370 e. The first-order valence-corrected chi connectivity index (χ1v) is 10.6. The van der Waals surface area contributed by atoms with Gasteiger partial charge in [-0.1, -0.05) is 42.8 Å². The van der Waals surface area contributed by atoms with Crippen molar-refractivity contribution in [3.63, 3.8) is 0 Å². The van der Waals surface area contributed by atoms with Gasteiger partial charge < -0.3 is 10.2 Å². The van der Waals surface area contributed by atoms with E-state index in [0.29, 0.717) is 29.1 Å². The van der Waals surface area contributed by atoms with Gasteiger partial charge in [0.05, 0.1) is 11.6 Å². The molecule has 156 valence electrons. The highest BCUT2D eigenvalue weighted by molar-refractivity contribution is 6.32. The van der Waals surface area contributed by atoms with Gasteiger partial charge in [-0.25, -0.2) is 4.39 Å². The second-order valence-electron chi connectivity index (χ2n) is 7.93. The Morgan fingerprint density at radius 1 is 1.30 bits per heavy atom. The fourth-order valence-electron chi connectivity index (χ4n) is 4.21. The molecular formula is C24H24ClFN2O2. The highest BCUT2D eigenvalue weighted by atomic mass is 35.5. The van der Waals surface area contributed by atoms with Crippen LogP contribution in [-0.2, 0) is 16.1 Å². The second kappa shape index (κ2) is 8.23. The third-order valence-corrected chi connectivity index (χ3v) is 6.22. The van der Waals surface area contributed by atoms with Gasteiger partial charge >= 0.3 is 0 Å². The third kappa shape index (κ3) is 3.86. The summed E-state index contributed by atoms with van der Waals surface area (Å²) in [5, 5.41) is 3.65. The molecule has 1 amide bonds. The average Bonchev–Trinajstić information content (AvgIpc) is 3.43.